The zero-order chi connectivity index (χ0) is 18.4. The Hall–Kier alpha value is -2.61. The van der Waals surface area contributed by atoms with Crippen LogP contribution in [0.25, 0.3) is 0 Å². The number of carbonyl (C=O) groups is 1. The smallest absolute Gasteiger partial charge is 0.308 e. The van der Waals surface area contributed by atoms with Crippen LogP contribution in [0, 0.1) is 12.7 Å². The number of sulfonamides is 1. The van der Waals surface area contributed by atoms with Crippen LogP contribution in [-0.4, -0.2) is 28.1 Å². The largest absolute Gasteiger partial charge is 0.493 e. The SMILES string of the molecule is COC(=O)CCOc1ccc(S(=O)(=O)Nc2ccc(F)cc2C)cc1. The van der Waals surface area contributed by atoms with Gasteiger partial charge in [0.05, 0.1) is 30.7 Å². The first-order valence-corrected chi connectivity index (χ1v) is 8.89. The molecule has 2 rings (SSSR count). The molecule has 134 valence electrons. The van der Waals surface area contributed by atoms with Crippen molar-refractivity contribution in [1.29, 1.82) is 0 Å². The van der Waals surface area contributed by atoms with Crippen molar-refractivity contribution in [2.24, 2.45) is 0 Å². The molecule has 0 heterocycles. The van der Waals surface area contributed by atoms with Gasteiger partial charge >= 0.3 is 5.97 Å². The minimum Gasteiger partial charge on any atom is -0.493 e. The molecule has 0 bridgehead atoms. The van der Waals surface area contributed by atoms with Crippen LogP contribution in [0.2, 0.25) is 0 Å². The van der Waals surface area contributed by atoms with Gasteiger partial charge in [0.2, 0.25) is 0 Å². The summed E-state index contributed by atoms with van der Waals surface area (Å²) in [4.78, 5) is 11.0. The van der Waals surface area contributed by atoms with Crippen molar-refractivity contribution >= 4 is 21.7 Å². The summed E-state index contributed by atoms with van der Waals surface area (Å²) in [5, 5.41) is 0. The molecule has 0 atom stereocenters. The minimum absolute atomic E-state index is 0.0385. The summed E-state index contributed by atoms with van der Waals surface area (Å²) in [6.45, 7) is 1.74. The van der Waals surface area contributed by atoms with E-state index in [-0.39, 0.29) is 17.9 Å². The molecule has 0 aliphatic carbocycles. The van der Waals surface area contributed by atoms with Gasteiger partial charge in [-0.3, -0.25) is 9.52 Å². The first-order chi connectivity index (χ1) is 11.8. The molecule has 0 spiro atoms. The van der Waals surface area contributed by atoms with Gasteiger partial charge in [-0.1, -0.05) is 0 Å². The second kappa shape index (κ2) is 7.98. The van der Waals surface area contributed by atoms with Gasteiger partial charge in [0, 0.05) is 0 Å². The molecule has 0 unspecified atom stereocenters. The summed E-state index contributed by atoms with van der Waals surface area (Å²) in [6.07, 6.45) is 0.0992. The Morgan fingerprint density at radius 1 is 1.16 bits per heavy atom. The Morgan fingerprint density at radius 2 is 1.84 bits per heavy atom. The maximum absolute atomic E-state index is 13.1. The number of esters is 1. The summed E-state index contributed by atoms with van der Waals surface area (Å²) < 4.78 is 50.1. The number of aryl methyl sites for hydroxylation is 1. The fourth-order valence-electron chi connectivity index (χ4n) is 2.01. The third-order valence-corrected chi connectivity index (χ3v) is 4.75. The highest BCUT2D eigenvalue weighted by atomic mass is 32.2. The Labute approximate surface area is 145 Å². The topological polar surface area (TPSA) is 81.7 Å². The number of benzene rings is 2. The number of rotatable bonds is 7. The van der Waals surface area contributed by atoms with Crippen LogP contribution >= 0.6 is 0 Å². The van der Waals surface area contributed by atoms with Gasteiger partial charge in [0.15, 0.2) is 0 Å². The van der Waals surface area contributed by atoms with Gasteiger partial charge in [-0.15, -0.1) is 0 Å². The number of ether oxygens (including phenoxy) is 2. The van der Waals surface area contributed by atoms with Gasteiger partial charge in [0.25, 0.3) is 10.0 Å². The van der Waals surface area contributed by atoms with Crippen LogP contribution in [0.1, 0.15) is 12.0 Å². The molecule has 0 aliphatic rings. The molecule has 25 heavy (non-hydrogen) atoms. The van der Waals surface area contributed by atoms with E-state index >= 15 is 0 Å². The highest BCUT2D eigenvalue weighted by Gasteiger charge is 2.15. The van der Waals surface area contributed by atoms with Gasteiger partial charge < -0.3 is 9.47 Å². The lowest BCUT2D eigenvalue weighted by Gasteiger charge is -2.11. The molecule has 0 fully saturated rings. The zero-order valence-corrected chi connectivity index (χ0v) is 14.6. The lowest BCUT2D eigenvalue weighted by molar-refractivity contribution is -0.141. The van der Waals surface area contributed by atoms with E-state index in [4.69, 9.17) is 4.74 Å². The fourth-order valence-corrected chi connectivity index (χ4v) is 3.15. The predicted molar refractivity (Wildman–Crippen MR) is 90.5 cm³/mol. The van der Waals surface area contributed by atoms with Gasteiger partial charge in [-0.2, -0.15) is 0 Å². The summed E-state index contributed by atoms with van der Waals surface area (Å²) in [5.41, 5.74) is 0.783. The van der Waals surface area contributed by atoms with Crippen LogP contribution in [0.5, 0.6) is 5.75 Å². The van der Waals surface area contributed by atoms with E-state index in [0.29, 0.717) is 17.0 Å². The number of carbonyl (C=O) groups excluding carboxylic acids is 1. The Kier molecular flexibility index (Phi) is 5.97. The van der Waals surface area contributed by atoms with Crippen molar-refractivity contribution in [3.05, 3.63) is 53.8 Å². The van der Waals surface area contributed by atoms with Crippen LogP contribution < -0.4 is 9.46 Å². The molecule has 6 nitrogen and oxygen atoms in total. The molecular formula is C17H18FNO5S. The summed E-state index contributed by atoms with van der Waals surface area (Å²) in [7, 11) is -2.52. The van der Waals surface area contributed by atoms with E-state index in [1.54, 1.807) is 6.92 Å². The zero-order valence-electron chi connectivity index (χ0n) is 13.8. The van der Waals surface area contributed by atoms with Crippen LogP contribution in [-0.2, 0) is 19.6 Å². The van der Waals surface area contributed by atoms with E-state index in [1.165, 1.54) is 49.6 Å². The van der Waals surface area contributed by atoms with Crippen LogP contribution in [0.4, 0.5) is 10.1 Å². The molecule has 2 aromatic carbocycles. The van der Waals surface area contributed by atoms with Gasteiger partial charge in [-0.25, -0.2) is 12.8 Å². The molecular weight excluding hydrogens is 349 g/mol. The third-order valence-electron chi connectivity index (χ3n) is 3.37. The molecule has 0 radical (unpaired) electrons. The third kappa shape index (κ3) is 5.18. The highest BCUT2D eigenvalue weighted by molar-refractivity contribution is 7.92. The quantitative estimate of drug-likeness (QED) is 0.761. The molecule has 0 aliphatic heterocycles. The average Bonchev–Trinajstić information content (AvgIpc) is 2.57. The van der Waals surface area contributed by atoms with Gasteiger partial charge in [-0.05, 0) is 55.0 Å². The van der Waals surface area contributed by atoms with Crippen molar-refractivity contribution in [3.8, 4) is 5.75 Å². The van der Waals surface area contributed by atoms with Crippen molar-refractivity contribution < 1.29 is 27.1 Å². The number of methoxy groups -OCH3 is 1. The molecule has 0 amide bonds. The number of halogens is 1. The second-order valence-electron chi connectivity index (χ2n) is 5.21. The number of nitrogens with one attached hydrogen (secondary N) is 1. The lowest BCUT2D eigenvalue weighted by Crippen LogP contribution is -2.14. The number of hydrogen-bond acceptors (Lipinski definition) is 5. The van der Waals surface area contributed by atoms with Crippen LogP contribution in [0.15, 0.2) is 47.4 Å². The van der Waals surface area contributed by atoms with Gasteiger partial charge in [0.1, 0.15) is 11.6 Å². The molecule has 2 aromatic rings. The molecule has 8 heteroatoms. The normalized spacial score (nSPS) is 11.0. The standard InChI is InChI=1S/C17H18FNO5S/c1-12-11-13(18)3-8-16(12)19-25(21,22)15-6-4-14(5-7-15)24-10-9-17(20)23-2/h3-8,11,19H,9-10H2,1-2H3. The first-order valence-electron chi connectivity index (χ1n) is 7.40. The van der Waals surface area contributed by atoms with E-state index in [2.05, 4.69) is 9.46 Å². The number of hydrogen-bond donors (Lipinski definition) is 1. The van der Waals surface area contributed by atoms with E-state index in [9.17, 15) is 17.6 Å². The Balaban J connectivity index is 2.05. The van der Waals surface area contributed by atoms with E-state index in [0.717, 1.165) is 0 Å². The predicted octanol–water partition coefficient (Wildman–Crippen LogP) is 2.88. The molecule has 0 saturated carbocycles. The minimum atomic E-state index is -3.81. The van der Waals surface area contributed by atoms with Crippen molar-refractivity contribution in [1.82, 2.24) is 0 Å². The highest BCUT2D eigenvalue weighted by Crippen LogP contribution is 2.22. The Morgan fingerprint density at radius 3 is 2.44 bits per heavy atom. The Bertz CT molecular complexity index is 850. The molecule has 0 aromatic heterocycles. The maximum atomic E-state index is 13.1. The summed E-state index contributed by atoms with van der Waals surface area (Å²) in [6, 6.07) is 9.54. The summed E-state index contributed by atoms with van der Waals surface area (Å²) in [5.74, 6) is -0.396. The second-order valence-corrected chi connectivity index (χ2v) is 6.89. The monoisotopic (exact) mass is 367 g/mol. The lowest BCUT2D eigenvalue weighted by atomic mass is 10.2. The van der Waals surface area contributed by atoms with E-state index in [1.807, 2.05) is 0 Å². The molecule has 1 N–H and O–H groups in total. The summed E-state index contributed by atoms with van der Waals surface area (Å²) >= 11 is 0. The fraction of sp³-hybridized carbons (Fsp3) is 0.235. The average molecular weight is 367 g/mol. The van der Waals surface area contributed by atoms with Crippen molar-refractivity contribution in [2.75, 3.05) is 18.4 Å². The maximum Gasteiger partial charge on any atom is 0.308 e. The van der Waals surface area contributed by atoms with Crippen molar-refractivity contribution in [3.63, 3.8) is 0 Å². The first kappa shape index (κ1) is 18.7. The van der Waals surface area contributed by atoms with E-state index < -0.39 is 21.8 Å². The molecule has 0 saturated heterocycles. The van der Waals surface area contributed by atoms with Crippen molar-refractivity contribution in [2.45, 2.75) is 18.2 Å². The number of anilines is 1. The van der Waals surface area contributed by atoms with Crippen LogP contribution in [0.3, 0.4) is 0 Å².